The van der Waals surface area contributed by atoms with Gasteiger partial charge in [0, 0.05) is 5.41 Å². The number of hydrogen-bond acceptors (Lipinski definition) is 0. The first kappa shape index (κ1) is 13.9. The molecule has 0 spiro atoms. The molecule has 0 saturated carbocycles. The van der Waals surface area contributed by atoms with Crippen LogP contribution in [0, 0.1) is 0 Å². The molecule has 0 radical (unpaired) electrons. The Balaban J connectivity index is 2.50. The molecule has 1 unspecified atom stereocenters. The minimum Gasteiger partial charge on any atom is -0.0642 e. The molecule has 2 aromatic carbocycles. The van der Waals surface area contributed by atoms with Crippen LogP contribution in [-0.2, 0) is 5.41 Å². The molecule has 19 heavy (non-hydrogen) atoms. The van der Waals surface area contributed by atoms with Crippen LogP contribution in [0.4, 0.5) is 0 Å². The quantitative estimate of drug-likeness (QED) is 0.671. The van der Waals surface area contributed by atoms with Gasteiger partial charge in [0.2, 0.25) is 0 Å². The smallest absolute Gasteiger partial charge is 0.0172 e. The van der Waals surface area contributed by atoms with Gasteiger partial charge < -0.3 is 0 Å². The van der Waals surface area contributed by atoms with Crippen molar-refractivity contribution in [2.45, 2.75) is 45.4 Å². The van der Waals surface area contributed by atoms with Crippen molar-refractivity contribution in [1.29, 1.82) is 0 Å². The van der Waals surface area contributed by atoms with Gasteiger partial charge in [-0.25, -0.2) is 0 Å². The van der Waals surface area contributed by atoms with Gasteiger partial charge in [-0.15, -0.1) is 0 Å². The Morgan fingerprint density at radius 1 is 0.895 bits per heavy atom. The molecule has 0 saturated heterocycles. The van der Waals surface area contributed by atoms with E-state index in [1.165, 1.54) is 16.7 Å². The van der Waals surface area contributed by atoms with Crippen LogP contribution in [0.25, 0.3) is 0 Å². The Kier molecular flexibility index (Phi) is 4.09. The van der Waals surface area contributed by atoms with Crippen LogP contribution in [0.3, 0.4) is 0 Å². The highest BCUT2D eigenvalue weighted by atomic mass is 14.3. The number of hydrogen-bond donors (Lipinski definition) is 0. The molecule has 0 aliphatic heterocycles. The van der Waals surface area contributed by atoms with Gasteiger partial charge in [-0.05, 0) is 29.0 Å². The van der Waals surface area contributed by atoms with Crippen LogP contribution in [0.2, 0.25) is 0 Å². The maximum Gasteiger partial charge on any atom is 0.0172 e. The monoisotopic (exact) mass is 252 g/mol. The predicted octanol–water partition coefficient (Wildman–Crippen LogP) is 5.53. The van der Waals surface area contributed by atoms with Crippen LogP contribution in [0.1, 0.15) is 56.7 Å². The third-order valence-electron chi connectivity index (χ3n) is 4.31. The van der Waals surface area contributed by atoms with Gasteiger partial charge in [-0.2, -0.15) is 0 Å². The topological polar surface area (TPSA) is 0 Å². The van der Waals surface area contributed by atoms with Crippen molar-refractivity contribution >= 4 is 0 Å². The van der Waals surface area contributed by atoms with E-state index < -0.39 is 0 Å². The highest BCUT2D eigenvalue weighted by Gasteiger charge is 2.26. The molecule has 100 valence electrons. The summed E-state index contributed by atoms with van der Waals surface area (Å²) in [4.78, 5) is 0. The SMILES string of the molecule is CCC(C)(c1ccccc1)c1cccc(C(C)C)c1. The maximum atomic E-state index is 2.38. The summed E-state index contributed by atoms with van der Waals surface area (Å²) in [6.07, 6.45) is 1.11. The average molecular weight is 252 g/mol. The average Bonchev–Trinajstić information content (AvgIpc) is 2.47. The maximum absolute atomic E-state index is 2.38. The van der Waals surface area contributed by atoms with Crippen molar-refractivity contribution in [3.05, 3.63) is 71.3 Å². The van der Waals surface area contributed by atoms with Crippen LogP contribution in [0.5, 0.6) is 0 Å². The van der Waals surface area contributed by atoms with Crippen LogP contribution in [-0.4, -0.2) is 0 Å². The van der Waals surface area contributed by atoms with Gasteiger partial charge in [-0.3, -0.25) is 0 Å². The summed E-state index contributed by atoms with van der Waals surface area (Å²) in [6, 6.07) is 19.9. The van der Waals surface area contributed by atoms with Gasteiger partial charge in [0.15, 0.2) is 0 Å². The summed E-state index contributed by atoms with van der Waals surface area (Å²) in [6.45, 7) is 9.13. The van der Waals surface area contributed by atoms with Gasteiger partial charge >= 0.3 is 0 Å². The molecule has 2 rings (SSSR count). The van der Waals surface area contributed by atoms with E-state index >= 15 is 0 Å². The second-order valence-corrected chi connectivity index (χ2v) is 5.83. The minimum atomic E-state index is 0.103. The largest absolute Gasteiger partial charge is 0.0642 e. The molecule has 1 atom stereocenters. The molecule has 0 N–H and O–H groups in total. The fraction of sp³-hybridized carbons (Fsp3) is 0.368. The summed E-state index contributed by atoms with van der Waals surface area (Å²) < 4.78 is 0. The summed E-state index contributed by atoms with van der Waals surface area (Å²) in [5.74, 6) is 0.580. The zero-order chi connectivity index (χ0) is 13.9. The van der Waals surface area contributed by atoms with Gasteiger partial charge in [0.1, 0.15) is 0 Å². The molecule has 0 aliphatic rings. The van der Waals surface area contributed by atoms with E-state index in [9.17, 15) is 0 Å². The van der Waals surface area contributed by atoms with Crippen molar-refractivity contribution < 1.29 is 0 Å². The molecule has 0 aromatic heterocycles. The van der Waals surface area contributed by atoms with Crippen LogP contribution in [0.15, 0.2) is 54.6 Å². The molecule has 0 fully saturated rings. The molecular weight excluding hydrogens is 228 g/mol. The summed E-state index contributed by atoms with van der Waals surface area (Å²) >= 11 is 0. The highest BCUT2D eigenvalue weighted by Crippen LogP contribution is 2.36. The van der Waals surface area contributed by atoms with Crippen LogP contribution < -0.4 is 0 Å². The Morgan fingerprint density at radius 3 is 2.11 bits per heavy atom. The van der Waals surface area contributed by atoms with E-state index in [-0.39, 0.29) is 5.41 Å². The van der Waals surface area contributed by atoms with E-state index in [4.69, 9.17) is 0 Å². The highest BCUT2D eigenvalue weighted by molar-refractivity contribution is 5.40. The lowest BCUT2D eigenvalue weighted by Crippen LogP contribution is -2.22. The summed E-state index contributed by atoms with van der Waals surface area (Å²) in [5.41, 5.74) is 4.35. The van der Waals surface area contributed by atoms with Crippen LogP contribution >= 0.6 is 0 Å². The first-order chi connectivity index (χ1) is 9.08. The van der Waals surface area contributed by atoms with E-state index in [1.807, 2.05) is 0 Å². The zero-order valence-electron chi connectivity index (χ0n) is 12.5. The predicted molar refractivity (Wildman–Crippen MR) is 83.7 cm³/mol. The number of rotatable bonds is 4. The van der Waals surface area contributed by atoms with Crippen molar-refractivity contribution in [2.75, 3.05) is 0 Å². The molecule has 0 heterocycles. The van der Waals surface area contributed by atoms with Crippen molar-refractivity contribution in [2.24, 2.45) is 0 Å². The molecule has 0 bridgehead atoms. The lowest BCUT2D eigenvalue weighted by atomic mass is 9.73. The van der Waals surface area contributed by atoms with Crippen molar-refractivity contribution in [3.8, 4) is 0 Å². The second kappa shape index (κ2) is 5.61. The van der Waals surface area contributed by atoms with E-state index in [0.717, 1.165) is 6.42 Å². The van der Waals surface area contributed by atoms with Crippen molar-refractivity contribution in [1.82, 2.24) is 0 Å². The van der Waals surface area contributed by atoms with Gasteiger partial charge in [-0.1, -0.05) is 82.3 Å². The molecule has 0 amide bonds. The van der Waals surface area contributed by atoms with E-state index in [2.05, 4.69) is 82.3 Å². The third-order valence-corrected chi connectivity index (χ3v) is 4.31. The zero-order valence-corrected chi connectivity index (χ0v) is 12.5. The fourth-order valence-electron chi connectivity index (χ4n) is 2.62. The third kappa shape index (κ3) is 2.73. The molecular formula is C19H24. The van der Waals surface area contributed by atoms with E-state index in [1.54, 1.807) is 0 Å². The Bertz CT molecular complexity index is 525. The lowest BCUT2D eigenvalue weighted by molar-refractivity contribution is 0.548. The first-order valence-electron chi connectivity index (χ1n) is 7.24. The normalized spacial score (nSPS) is 14.4. The first-order valence-corrected chi connectivity index (χ1v) is 7.24. The second-order valence-electron chi connectivity index (χ2n) is 5.83. The standard InChI is InChI=1S/C19H24/c1-5-19(4,17-11-7-6-8-12-17)18-13-9-10-16(14-18)15(2)3/h6-15H,5H2,1-4H3. The van der Waals surface area contributed by atoms with Gasteiger partial charge in [0.25, 0.3) is 0 Å². The molecule has 0 nitrogen and oxygen atoms in total. The Labute approximate surface area is 117 Å². The lowest BCUT2D eigenvalue weighted by Gasteiger charge is -2.30. The Morgan fingerprint density at radius 2 is 1.53 bits per heavy atom. The summed E-state index contributed by atoms with van der Waals surface area (Å²) in [5, 5.41) is 0. The minimum absolute atomic E-state index is 0.103. The molecule has 0 heteroatoms. The number of benzene rings is 2. The fourth-order valence-corrected chi connectivity index (χ4v) is 2.62. The Hall–Kier alpha value is -1.56. The molecule has 0 aliphatic carbocycles. The molecule has 2 aromatic rings. The summed E-state index contributed by atoms with van der Waals surface area (Å²) in [7, 11) is 0. The van der Waals surface area contributed by atoms with E-state index in [0.29, 0.717) is 5.92 Å². The van der Waals surface area contributed by atoms with Crippen molar-refractivity contribution in [3.63, 3.8) is 0 Å². The van der Waals surface area contributed by atoms with Gasteiger partial charge in [0.05, 0.1) is 0 Å².